The molecule has 2 heterocycles. The largest absolute Gasteiger partial charge is 0.308 e. The second-order valence-corrected chi connectivity index (χ2v) is 5.17. The first-order chi connectivity index (χ1) is 7.84. The van der Waals surface area contributed by atoms with Gasteiger partial charge in [0.05, 0.1) is 0 Å². The van der Waals surface area contributed by atoms with Crippen molar-refractivity contribution in [3.63, 3.8) is 0 Å². The maximum Gasteiger partial charge on any atom is 0.0250 e. The van der Waals surface area contributed by atoms with E-state index in [1.165, 1.54) is 24.8 Å². The van der Waals surface area contributed by atoms with Gasteiger partial charge in [0, 0.05) is 24.7 Å². The topological polar surface area (TPSA) is 15.3 Å². The van der Waals surface area contributed by atoms with Crippen molar-refractivity contribution < 1.29 is 0 Å². The molecular weight excluding hydrogens is 196 g/mol. The summed E-state index contributed by atoms with van der Waals surface area (Å²) in [5.41, 5.74) is 1.40. The van der Waals surface area contributed by atoms with Gasteiger partial charge in [0.15, 0.2) is 0 Å². The second kappa shape index (κ2) is 4.19. The first-order valence-electron chi connectivity index (χ1n) is 6.34. The van der Waals surface area contributed by atoms with Crippen LogP contribution in [0.3, 0.4) is 0 Å². The van der Waals surface area contributed by atoms with Crippen molar-refractivity contribution >= 4 is 0 Å². The average molecular weight is 216 g/mol. The first-order valence-corrected chi connectivity index (χ1v) is 6.34. The van der Waals surface area contributed by atoms with E-state index in [4.69, 9.17) is 0 Å². The molecule has 0 unspecified atom stereocenters. The molecule has 1 aromatic carbocycles. The van der Waals surface area contributed by atoms with Crippen molar-refractivity contribution in [2.75, 3.05) is 7.05 Å². The number of hydrogen-bond acceptors (Lipinski definition) is 2. The van der Waals surface area contributed by atoms with E-state index in [1.807, 2.05) is 0 Å². The van der Waals surface area contributed by atoms with Gasteiger partial charge in [0.2, 0.25) is 0 Å². The summed E-state index contributed by atoms with van der Waals surface area (Å²) in [6.45, 7) is 1.02. The molecule has 2 heteroatoms. The van der Waals surface area contributed by atoms with Crippen LogP contribution in [0.2, 0.25) is 0 Å². The lowest BCUT2D eigenvalue weighted by Gasteiger charge is -2.22. The Labute approximate surface area is 97.6 Å². The zero-order valence-corrected chi connectivity index (χ0v) is 9.89. The fraction of sp³-hybridized carbons (Fsp3) is 0.571. The van der Waals surface area contributed by atoms with Gasteiger partial charge in [0.25, 0.3) is 0 Å². The number of fused-ring (bicyclic) bond motifs is 2. The third kappa shape index (κ3) is 1.76. The Morgan fingerprint density at radius 3 is 2.69 bits per heavy atom. The number of nitrogens with zero attached hydrogens (tertiary/aromatic N) is 1. The summed E-state index contributed by atoms with van der Waals surface area (Å²) in [6.07, 6.45) is 4.13. The van der Waals surface area contributed by atoms with Gasteiger partial charge in [-0.3, -0.25) is 4.90 Å². The van der Waals surface area contributed by atoms with E-state index < -0.39 is 0 Å². The minimum atomic E-state index is 0.712. The molecule has 1 N–H and O–H groups in total. The monoisotopic (exact) mass is 216 g/mol. The van der Waals surface area contributed by atoms with E-state index in [9.17, 15) is 0 Å². The van der Waals surface area contributed by atoms with E-state index in [0.717, 1.165) is 18.6 Å². The minimum Gasteiger partial charge on any atom is -0.308 e. The molecule has 2 bridgehead atoms. The van der Waals surface area contributed by atoms with Gasteiger partial charge in [-0.25, -0.2) is 0 Å². The molecule has 2 fully saturated rings. The maximum absolute atomic E-state index is 3.72. The molecule has 1 aromatic rings. The van der Waals surface area contributed by atoms with Crippen LogP contribution in [0.5, 0.6) is 0 Å². The lowest BCUT2D eigenvalue weighted by atomic mass is 9.95. The molecular formula is C14H20N2. The fourth-order valence-corrected chi connectivity index (χ4v) is 3.32. The van der Waals surface area contributed by atoms with Crippen molar-refractivity contribution in [3.05, 3.63) is 35.9 Å². The van der Waals surface area contributed by atoms with Crippen molar-refractivity contribution in [1.82, 2.24) is 10.2 Å². The molecule has 0 aromatic heterocycles. The number of hydrogen-bond donors (Lipinski definition) is 1. The quantitative estimate of drug-likeness (QED) is 0.831. The Bertz CT molecular complexity index is 349. The van der Waals surface area contributed by atoms with Crippen LogP contribution in [-0.4, -0.2) is 30.1 Å². The molecule has 3 rings (SSSR count). The first kappa shape index (κ1) is 10.3. The summed E-state index contributed by atoms with van der Waals surface area (Å²) < 4.78 is 0. The van der Waals surface area contributed by atoms with Crippen LogP contribution in [0.15, 0.2) is 30.3 Å². The minimum absolute atomic E-state index is 0.712. The molecule has 2 saturated heterocycles. The highest BCUT2D eigenvalue weighted by Crippen LogP contribution is 2.36. The summed E-state index contributed by atoms with van der Waals surface area (Å²) in [5.74, 6) is 0. The smallest absolute Gasteiger partial charge is 0.0250 e. The zero-order valence-electron chi connectivity index (χ0n) is 9.89. The molecule has 0 spiro atoms. The predicted octanol–water partition coefficient (Wildman–Crippen LogP) is 2.01. The Balaban J connectivity index is 1.57. The van der Waals surface area contributed by atoms with E-state index in [1.54, 1.807) is 0 Å². The summed E-state index contributed by atoms with van der Waals surface area (Å²) in [5, 5.41) is 3.72. The fourth-order valence-electron chi connectivity index (χ4n) is 3.32. The van der Waals surface area contributed by atoms with E-state index in [2.05, 4.69) is 47.6 Å². The molecule has 2 aliphatic rings. The normalized spacial score (nSPS) is 33.4. The average Bonchev–Trinajstić information content (AvgIpc) is 2.84. The highest BCUT2D eigenvalue weighted by atomic mass is 15.2. The lowest BCUT2D eigenvalue weighted by Crippen LogP contribution is -2.39. The van der Waals surface area contributed by atoms with Crippen LogP contribution >= 0.6 is 0 Å². The van der Waals surface area contributed by atoms with Gasteiger partial charge in [-0.15, -0.1) is 0 Å². The molecule has 0 saturated carbocycles. The van der Waals surface area contributed by atoms with Crippen LogP contribution in [0, 0.1) is 0 Å². The van der Waals surface area contributed by atoms with Crippen molar-refractivity contribution in [1.29, 1.82) is 0 Å². The molecule has 16 heavy (non-hydrogen) atoms. The third-order valence-electron chi connectivity index (χ3n) is 4.30. The standard InChI is InChI=1S/C14H20N2/c1-16-12-7-8-14(16)13(9-12)15-10-11-5-3-2-4-6-11/h2-6,12-15H,7-10H2,1H3/t12-,13-,14-/m0/s1. The van der Waals surface area contributed by atoms with E-state index >= 15 is 0 Å². The number of nitrogens with one attached hydrogen (secondary N) is 1. The third-order valence-corrected chi connectivity index (χ3v) is 4.30. The Hall–Kier alpha value is -0.860. The second-order valence-electron chi connectivity index (χ2n) is 5.17. The molecule has 2 nitrogen and oxygen atoms in total. The van der Waals surface area contributed by atoms with E-state index in [-0.39, 0.29) is 0 Å². The maximum atomic E-state index is 3.72. The SMILES string of the molecule is CN1[C@H]2CC[C@H]1[C@@H](NCc1ccccc1)C2. The van der Waals surface area contributed by atoms with Crippen LogP contribution in [0.1, 0.15) is 24.8 Å². The van der Waals surface area contributed by atoms with Gasteiger partial charge < -0.3 is 5.32 Å². The van der Waals surface area contributed by atoms with Gasteiger partial charge in [-0.2, -0.15) is 0 Å². The Morgan fingerprint density at radius 1 is 1.25 bits per heavy atom. The van der Waals surface area contributed by atoms with Gasteiger partial charge in [-0.1, -0.05) is 30.3 Å². The number of rotatable bonds is 3. The lowest BCUT2D eigenvalue weighted by molar-refractivity contribution is 0.296. The summed E-state index contributed by atoms with van der Waals surface area (Å²) in [6, 6.07) is 13.0. The summed E-state index contributed by atoms with van der Waals surface area (Å²) in [4.78, 5) is 2.57. The molecule has 0 radical (unpaired) electrons. The summed E-state index contributed by atoms with van der Waals surface area (Å²) >= 11 is 0. The van der Waals surface area contributed by atoms with Gasteiger partial charge >= 0.3 is 0 Å². The van der Waals surface area contributed by atoms with Gasteiger partial charge in [-0.05, 0) is 31.9 Å². The number of benzene rings is 1. The molecule has 3 atom stereocenters. The van der Waals surface area contributed by atoms with E-state index in [0.29, 0.717) is 6.04 Å². The van der Waals surface area contributed by atoms with Crippen molar-refractivity contribution in [2.45, 2.75) is 43.9 Å². The highest BCUT2D eigenvalue weighted by Gasteiger charge is 2.43. The van der Waals surface area contributed by atoms with Gasteiger partial charge in [0.1, 0.15) is 0 Å². The van der Waals surface area contributed by atoms with Crippen molar-refractivity contribution in [3.8, 4) is 0 Å². The predicted molar refractivity (Wildman–Crippen MR) is 66.3 cm³/mol. The van der Waals surface area contributed by atoms with Crippen molar-refractivity contribution in [2.24, 2.45) is 0 Å². The van der Waals surface area contributed by atoms with Crippen LogP contribution < -0.4 is 5.32 Å². The molecule has 86 valence electrons. The molecule has 0 amide bonds. The molecule has 2 aliphatic heterocycles. The molecule has 0 aliphatic carbocycles. The van der Waals surface area contributed by atoms with Crippen LogP contribution in [0.25, 0.3) is 0 Å². The highest BCUT2D eigenvalue weighted by molar-refractivity contribution is 5.15. The van der Waals surface area contributed by atoms with Crippen LogP contribution in [-0.2, 0) is 6.54 Å². The Kier molecular flexibility index (Phi) is 2.70. The number of likely N-dealkylation sites (N-methyl/N-ethyl adjacent to an activating group) is 1. The van der Waals surface area contributed by atoms with Crippen LogP contribution in [0.4, 0.5) is 0 Å². The summed E-state index contributed by atoms with van der Waals surface area (Å²) in [7, 11) is 2.28. The zero-order chi connectivity index (χ0) is 11.0. The Morgan fingerprint density at radius 2 is 2.06 bits per heavy atom.